The van der Waals surface area contributed by atoms with E-state index >= 15 is 0 Å². The third-order valence-corrected chi connectivity index (χ3v) is 9.97. The summed E-state index contributed by atoms with van der Waals surface area (Å²) in [5.74, 6) is 2.93. The number of alkyl halides is 2. The van der Waals surface area contributed by atoms with Gasteiger partial charge in [-0.05, 0) is 98.1 Å². The molecule has 2 aliphatic carbocycles. The molecule has 0 N–H and O–H groups in total. The molecule has 0 heterocycles. The molecule has 0 atom stereocenters. The van der Waals surface area contributed by atoms with Gasteiger partial charge in [0.2, 0.25) is 0 Å². The first kappa shape index (κ1) is 31.2. The van der Waals surface area contributed by atoms with Crippen LogP contribution in [0.25, 0.3) is 0 Å². The van der Waals surface area contributed by atoms with Crippen molar-refractivity contribution >= 4 is 0 Å². The van der Waals surface area contributed by atoms with E-state index in [1.807, 2.05) is 12.1 Å². The van der Waals surface area contributed by atoms with Gasteiger partial charge in [0.25, 0.3) is 0 Å². The molecule has 40 heavy (non-hydrogen) atoms. The number of unbranched alkanes of at least 4 members (excludes halogenated alkanes) is 4. The van der Waals surface area contributed by atoms with E-state index in [0.717, 1.165) is 17.4 Å². The Kier molecular flexibility index (Phi) is 12.5. The standard InChI is InChI=1S/C37H54F2O/c1-3-5-7-9-29-11-17-32(18-12-29)33-21-15-31(16-22-33)27-28-40-37(38,39)36-25-23-35(24-26-36)34-19-13-30(14-20-34)10-8-6-4-2/h15-16,21-26,29-30,32,34H,3-14,17-20,27-28H2,1-2H3. The van der Waals surface area contributed by atoms with E-state index in [-0.39, 0.29) is 12.2 Å². The molecule has 0 radical (unpaired) electrons. The van der Waals surface area contributed by atoms with Crippen LogP contribution in [0.1, 0.15) is 151 Å². The van der Waals surface area contributed by atoms with Crippen molar-refractivity contribution in [1.29, 1.82) is 0 Å². The van der Waals surface area contributed by atoms with Crippen molar-refractivity contribution < 1.29 is 13.5 Å². The third kappa shape index (κ3) is 9.40. The van der Waals surface area contributed by atoms with Gasteiger partial charge in [-0.1, -0.05) is 114 Å². The first-order chi connectivity index (χ1) is 19.5. The Balaban J connectivity index is 1.18. The maximum absolute atomic E-state index is 14.8. The van der Waals surface area contributed by atoms with Gasteiger partial charge in [-0.25, -0.2) is 0 Å². The fourth-order valence-electron chi connectivity index (χ4n) is 7.22. The van der Waals surface area contributed by atoms with Crippen LogP contribution >= 0.6 is 0 Å². The van der Waals surface area contributed by atoms with Gasteiger partial charge in [-0.15, -0.1) is 0 Å². The largest absolute Gasteiger partial charge is 0.383 e. The van der Waals surface area contributed by atoms with Gasteiger partial charge < -0.3 is 4.74 Å². The Hall–Kier alpha value is -1.74. The lowest BCUT2D eigenvalue weighted by atomic mass is 9.77. The highest BCUT2D eigenvalue weighted by Crippen LogP contribution is 2.40. The molecule has 0 spiro atoms. The number of hydrogen-bond acceptors (Lipinski definition) is 1. The molecule has 2 saturated carbocycles. The molecule has 0 saturated heterocycles. The molecule has 1 nitrogen and oxygen atoms in total. The van der Waals surface area contributed by atoms with Crippen molar-refractivity contribution in [3.8, 4) is 0 Å². The summed E-state index contributed by atoms with van der Waals surface area (Å²) in [6.45, 7) is 4.55. The molecule has 2 aromatic carbocycles. The van der Waals surface area contributed by atoms with Crippen molar-refractivity contribution in [2.24, 2.45) is 11.8 Å². The van der Waals surface area contributed by atoms with Crippen LogP contribution in [0.5, 0.6) is 0 Å². The normalized spacial score (nSPS) is 23.8. The second-order valence-electron chi connectivity index (χ2n) is 12.9. The lowest BCUT2D eigenvalue weighted by molar-refractivity contribution is -0.248. The molecule has 2 aromatic rings. The van der Waals surface area contributed by atoms with E-state index in [9.17, 15) is 8.78 Å². The molecule has 0 bridgehead atoms. The summed E-state index contributed by atoms with van der Waals surface area (Å²) < 4.78 is 34.8. The summed E-state index contributed by atoms with van der Waals surface area (Å²) in [7, 11) is 0. The molecule has 2 fully saturated rings. The number of hydrogen-bond donors (Lipinski definition) is 0. The van der Waals surface area contributed by atoms with E-state index in [2.05, 4.69) is 38.1 Å². The van der Waals surface area contributed by atoms with Crippen molar-refractivity contribution in [2.45, 2.75) is 141 Å². The lowest BCUT2D eigenvalue weighted by Gasteiger charge is -2.29. The van der Waals surface area contributed by atoms with Gasteiger partial charge in [0.15, 0.2) is 0 Å². The fourth-order valence-corrected chi connectivity index (χ4v) is 7.22. The summed E-state index contributed by atoms with van der Waals surface area (Å²) in [6.07, 6.45) is 18.2. The quantitative estimate of drug-likeness (QED) is 0.200. The molecule has 0 unspecified atom stereocenters. The van der Waals surface area contributed by atoms with E-state index in [1.165, 1.54) is 114 Å². The van der Waals surface area contributed by atoms with E-state index in [4.69, 9.17) is 4.74 Å². The average molecular weight is 553 g/mol. The third-order valence-electron chi connectivity index (χ3n) is 9.97. The minimum atomic E-state index is -3.26. The van der Waals surface area contributed by atoms with Gasteiger partial charge in [0, 0.05) is 0 Å². The summed E-state index contributed by atoms with van der Waals surface area (Å²) in [5.41, 5.74) is 3.64. The van der Waals surface area contributed by atoms with Gasteiger partial charge in [-0.3, -0.25) is 0 Å². The van der Waals surface area contributed by atoms with Gasteiger partial charge in [0.1, 0.15) is 0 Å². The molecular weight excluding hydrogens is 498 g/mol. The predicted octanol–water partition coefficient (Wildman–Crippen LogP) is 11.7. The Bertz CT molecular complexity index is 951. The van der Waals surface area contributed by atoms with Crippen LogP contribution in [-0.2, 0) is 17.3 Å². The van der Waals surface area contributed by atoms with Crippen molar-refractivity contribution in [3.63, 3.8) is 0 Å². The summed E-state index contributed by atoms with van der Waals surface area (Å²) in [5, 5.41) is 0. The molecule has 0 amide bonds. The van der Waals surface area contributed by atoms with E-state index in [1.54, 1.807) is 12.1 Å². The Morgan fingerprint density at radius 3 is 1.52 bits per heavy atom. The number of ether oxygens (including phenoxy) is 1. The molecular formula is C37H54F2O. The molecule has 2 aliphatic rings. The van der Waals surface area contributed by atoms with Crippen LogP contribution in [0.2, 0.25) is 0 Å². The maximum Gasteiger partial charge on any atom is 0.383 e. The second kappa shape index (κ2) is 16.0. The van der Waals surface area contributed by atoms with E-state index < -0.39 is 6.11 Å². The zero-order chi connectivity index (χ0) is 28.2. The first-order valence-corrected chi connectivity index (χ1v) is 16.7. The topological polar surface area (TPSA) is 9.23 Å². The molecule has 0 aliphatic heterocycles. The van der Waals surface area contributed by atoms with Gasteiger partial charge >= 0.3 is 6.11 Å². The second-order valence-corrected chi connectivity index (χ2v) is 12.9. The Morgan fingerprint density at radius 2 is 1.07 bits per heavy atom. The maximum atomic E-state index is 14.8. The van der Waals surface area contributed by atoms with Gasteiger partial charge in [-0.2, -0.15) is 8.78 Å². The first-order valence-electron chi connectivity index (χ1n) is 16.7. The molecule has 4 rings (SSSR count). The highest BCUT2D eigenvalue weighted by Gasteiger charge is 2.33. The minimum absolute atomic E-state index is 0.0129. The summed E-state index contributed by atoms with van der Waals surface area (Å²) in [6, 6.07) is 15.6. The zero-order valence-corrected chi connectivity index (χ0v) is 25.3. The van der Waals surface area contributed by atoms with Crippen molar-refractivity contribution in [3.05, 3.63) is 70.8 Å². The van der Waals surface area contributed by atoms with Crippen LogP contribution in [0.4, 0.5) is 8.78 Å². The van der Waals surface area contributed by atoms with Crippen molar-refractivity contribution in [2.75, 3.05) is 6.61 Å². The van der Waals surface area contributed by atoms with Crippen LogP contribution in [0.15, 0.2) is 48.5 Å². The van der Waals surface area contributed by atoms with Crippen molar-refractivity contribution in [1.82, 2.24) is 0 Å². The number of benzene rings is 2. The van der Waals surface area contributed by atoms with Crippen LogP contribution in [0, 0.1) is 11.8 Å². The molecule has 222 valence electrons. The summed E-state index contributed by atoms with van der Waals surface area (Å²) >= 11 is 0. The Labute approximate surface area is 243 Å². The SMILES string of the molecule is CCCCCC1CCC(c2ccc(CCOC(F)(F)c3ccc(C4CCC(CCCCC)CC4)cc3)cc2)CC1. The lowest BCUT2D eigenvalue weighted by Crippen LogP contribution is -2.20. The summed E-state index contributed by atoms with van der Waals surface area (Å²) in [4.78, 5) is 0. The van der Waals surface area contributed by atoms with Crippen LogP contribution in [-0.4, -0.2) is 6.61 Å². The smallest absolute Gasteiger partial charge is 0.316 e. The molecule has 0 aromatic heterocycles. The van der Waals surface area contributed by atoms with E-state index in [0.29, 0.717) is 18.3 Å². The predicted molar refractivity (Wildman–Crippen MR) is 164 cm³/mol. The van der Waals surface area contributed by atoms with Crippen LogP contribution < -0.4 is 0 Å². The minimum Gasteiger partial charge on any atom is -0.316 e. The average Bonchev–Trinajstić information content (AvgIpc) is 2.99. The number of halogens is 2. The van der Waals surface area contributed by atoms with Gasteiger partial charge in [0.05, 0.1) is 12.2 Å². The fraction of sp³-hybridized carbons (Fsp3) is 0.676. The molecule has 3 heteroatoms. The highest BCUT2D eigenvalue weighted by atomic mass is 19.3. The Morgan fingerprint density at radius 1 is 0.625 bits per heavy atom. The zero-order valence-electron chi connectivity index (χ0n) is 25.3. The monoisotopic (exact) mass is 552 g/mol. The number of rotatable bonds is 15. The highest BCUT2D eigenvalue weighted by molar-refractivity contribution is 5.28. The van der Waals surface area contributed by atoms with Crippen LogP contribution in [0.3, 0.4) is 0 Å².